The summed E-state index contributed by atoms with van der Waals surface area (Å²) in [7, 11) is 0. The average molecular weight is 435 g/mol. The van der Waals surface area contributed by atoms with Gasteiger partial charge in [-0.25, -0.2) is 14.2 Å². The molecular formula is C17H15ClF4N4OS. The Kier molecular flexibility index (Phi) is 6.81. The Balaban J connectivity index is 0.00000280. The lowest BCUT2D eigenvalue weighted by Crippen LogP contribution is -2.39. The Hall–Kier alpha value is -2.43. The highest BCUT2D eigenvalue weighted by atomic mass is 35.5. The fourth-order valence-corrected chi connectivity index (χ4v) is 3.42. The maximum absolute atomic E-state index is 13.2. The van der Waals surface area contributed by atoms with Gasteiger partial charge in [-0.1, -0.05) is 23.5 Å². The first-order chi connectivity index (χ1) is 12.8. The van der Waals surface area contributed by atoms with Gasteiger partial charge in [0.2, 0.25) is 0 Å². The lowest BCUT2D eigenvalue weighted by Gasteiger charge is -2.21. The van der Waals surface area contributed by atoms with Crippen LogP contribution in [0.5, 0.6) is 0 Å². The minimum atomic E-state index is -4.82. The maximum Gasteiger partial charge on any atom is 0.418 e. The van der Waals surface area contributed by atoms with E-state index in [-0.39, 0.29) is 25.5 Å². The third kappa shape index (κ3) is 4.70. The van der Waals surface area contributed by atoms with Crippen LogP contribution in [0.25, 0.3) is 10.2 Å². The number of urea groups is 1. The molecule has 1 aromatic heterocycles. The highest BCUT2D eigenvalue weighted by molar-refractivity contribution is 7.22. The number of anilines is 2. The summed E-state index contributed by atoms with van der Waals surface area (Å²) in [5.41, 5.74) is 4.38. The minimum Gasteiger partial charge on any atom is -0.329 e. The molecular weight excluding hydrogens is 420 g/mol. The number of nitrogens with one attached hydrogen (secondary N) is 1. The Bertz CT molecular complexity index is 946. The van der Waals surface area contributed by atoms with Gasteiger partial charge in [0.1, 0.15) is 5.82 Å². The second-order valence-electron chi connectivity index (χ2n) is 5.52. The molecule has 1 heterocycles. The largest absolute Gasteiger partial charge is 0.418 e. The number of halogens is 5. The summed E-state index contributed by atoms with van der Waals surface area (Å²) >= 11 is 1.21. The normalized spacial score (nSPS) is 11.2. The van der Waals surface area contributed by atoms with Crippen LogP contribution in [-0.2, 0) is 6.18 Å². The van der Waals surface area contributed by atoms with Gasteiger partial charge in [-0.3, -0.25) is 4.90 Å². The van der Waals surface area contributed by atoms with E-state index in [1.54, 1.807) is 12.1 Å². The maximum atomic E-state index is 13.2. The Morgan fingerprint density at radius 3 is 2.57 bits per heavy atom. The summed E-state index contributed by atoms with van der Waals surface area (Å²) in [5.74, 6) is -1.05. The van der Waals surface area contributed by atoms with Crippen LogP contribution >= 0.6 is 23.7 Å². The molecule has 0 saturated carbocycles. The quantitative estimate of drug-likeness (QED) is 0.575. The summed E-state index contributed by atoms with van der Waals surface area (Å²) in [4.78, 5) is 18.1. The van der Waals surface area contributed by atoms with Gasteiger partial charge in [0.15, 0.2) is 5.13 Å². The smallest absolute Gasteiger partial charge is 0.329 e. The van der Waals surface area contributed by atoms with Crippen molar-refractivity contribution >= 4 is 50.8 Å². The zero-order valence-electron chi connectivity index (χ0n) is 14.2. The van der Waals surface area contributed by atoms with Crippen molar-refractivity contribution in [1.82, 2.24) is 4.98 Å². The predicted octanol–water partition coefficient (Wildman–Crippen LogP) is 4.87. The number of para-hydroxylation sites is 1. The standard InChI is InChI=1S/C17H14F4N4OS.ClH/c18-10-5-6-12(11(9-10)17(19,20)21)23-15(26)25(8-7-22)16-24-13-3-1-2-4-14(13)27-16;/h1-6,9H,7-8,22H2,(H,23,26);1H. The van der Waals surface area contributed by atoms with Gasteiger partial charge in [0.25, 0.3) is 0 Å². The van der Waals surface area contributed by atoms with Crippen molar-refractivity contribution in [2.75, 3.05) is 23.3 Å². The Labute approximate surface area is 167 Å². The molecule has 3 rings (SSSR count). The number of alkyl halides is 3. The lowest BCUT2D eigenvalue weighted by molar-refractivity contribution is -0.137. The highest BCUT2D eigenvalue weighted by Crippen LogP contribution is 2.36. The van der Waals surface area contributed by atoms with Gasteiger partial charge in [-0.2, -0.15) is 13.2 Å². The fourth-order valence-electron chi connectivity index (χ4n) is 2.43. The number of nitrogens with two attached hydrogens (primary N) is 1. The van der Waals surface area contributed by atoms with Gasteiger partial charge in [-0.15, -0.1) is 12.4 Å². The number of nitrogens with zero attached hydrogens (tertiary/aromatic N) is 2. The van der Waals surface area contributed by atoms with E-state index in [4.69, 9.17) is 5.73 Å². The Morgan fingerprint density at radius 2 is 1.93 bits per heavy atom. The van der Waals surface area contributed by atoms with Crippen LogP contribution in [0.1, 0.15) is 5.56 Å². The molecule has 5 nitrogen and oxygen atoms in total. The molecule has 2 aromatic carbocycles. The number of amides is 2. The van der Waals surface area contributed by atoms with Gasteiger partial charge in [0, 0.05) is 13.1 Å². The van der Waals surface area contributed by atoms with Crippen LogP contribution in [0.15, 0.2) is 42.5 Å². The highest BCUT2D eigenvalue weighted by Gasteiger charge is 2.35. The zero-order valence-corrected chi connectivity index (χ0v) is 15.8. The average Bonchev–Trinajstić information content (AvgIpc) is 3.03. The van der Waals surface area contributed by atoms with Gasteiger partial charge in [-0.05, 0) is 30.3 Å². The number of fused-ring (bicyclic) bond motifs is 1. The van der Waals surface area contributed by atoms with Gasteiger partial charge in [0.05, 0.1) is 21.5 Å². The number of benzene rings is 2. The lowest BCUT2D eigenvalue weighted by atomic mass is 10.1. The van der Waals surface area contributed by atoms with E-state index in [9.17, 15) is 22.4 Å². The molecule has 0 unspecified atom stereocenters. The van der Waals surface area contributed by atoms with E-state index < -0.39 is 29.3 Å². The van der Waals surface area contributed by atoms with E-state index in [1.807, 2.05) is 12.1 Å². The molecule has 0 aliphatic rings. The summed E-state index contributed by atoms with van der Waals surface area (Å²) < 4.78 is 53.4. The Morgan fingerprint density at radius 1 is 1.21 bits per heavy atom. The molecule has 0 bridgehead atoms. The topological polar surface area (TPSA) is 71.2 Å². The molecule has 0 spiro atoms. The minimum absolute atomic E-state index is 0. The molecule has 28 heavy (non-hydrogen) atoms. The van der Waals surface area contributed by atoms with E-state index >= 15 is 0 Å². The second-order valence-corrected chi connectivity index (χ2v) is 6.53. The SMILES string of the molecule is Cl.NCCN(C(=O)Nc1ccc(F)cc1C(F)(F)F)c1nc2ccccc2s1. The fraction of sp³-hybridized carbons (Fsp3) is 0.176. The first-order valence-electron chi connectivity index (χ1n) is 7.80. The molecule has 0 fully saturated rings. The zero-order chi connectivity index (χ0) is 19.6. The molecule has 0 aliphatic carbocycles. The van der Waals surface area contributed by atoms with Crippen molar-refractivity contribution in [2.24, 2.45) is 5.73 Å². The molecule has 0 atom stereocenters. The number of hydrogen-bond donors (Lipinski definition) is 2. The van der Waals surface area contributed by atoms with Crippen molar-refractivity contribution in [2.45, 2.75) is 6.18 Å². The van der Waals surface area contributed by atoms with Crippen molar-refractivity contribution in [3.05, 3.63) is 53.8 Å². The summed E-state index contributed by atoms with van der Waals surface area (Å²) in [6.07, 6.45) is -4.82. The van der Waals surface area contributed by atoms with Gasteiger partial charge >= 0.3 is 12.2 Å². The number of hydrogen-bond acceptors (Lipinski definition) is 4. The van der Waals surface area contributed by atoms with Crippen LogP contribution < -0.4 is 16.0 Å². The first kappa shape index (κ1) is 21.9. The second kappa shape index (κ2) is 8.72. The molecule has 0 aliphatic heterocycles. The third-order valence-corrected chi connectivity index (χ3v) is 4.70. The third-order valence-electron chi connectivity index (χ3n) is 3.64. The van der Waals surface area contributed by atoms with Crippen molar-refractivity contribution < 1.29 is 22.4 Å². The van der Waals surface area contributed by atoms with E-state index in [0.717, 1.165) is 21.7 Å². The van der Waals surface area contributed by atoms with Gasteiger partial charge < -0.3 is 11.1 Å². The van der Waals surface area contributed by atoms with Crippen LogP contribution in [0, 0.1) is 5.82 Å². The summed E-state index contributed by atoms with van der Waals surface area (Å²) in [6, 6.07) is 8.38. The molecule has 3 aromatic rings. The van der Waals surface area contributed by atoms with Crippen LogP contribution in [0.3, 0.4) is 0 Å². The number of carbonyl (C=O) groups excluding carboxylic acids is 1. The van der Waals surface area contributed by atoms with Crippen molar-refractivity contribution in [3.8, 4) is 0 Å². The first-order valence-corrected chi connectivity index (χ1v) is 8.62. The number of rotatable bonds is 4. The number of aromatic nitrogens is 1. The molecule has 0 radical (unpaired) electrons. The summed E-state index contributed by atoms with van der Waals surface area (Å²) in [5, 5.41) is 2.48. The van der Waals surface area contributed by atoms with E-state index in [2.05, 4.69) is 10.3 Å². The van der Waals surface area contributed by atoms with Crippen LogP contribution in [-0.4, -0.2) is 24.1 Å². The summed E-state index contributed by atoms with van der Waals surface area (Å²) in [6.45, 7) is 0.132. The number of thiazole rings is 1. The van der Waals surface area contributed by atoms with E-state index in [0.29, 0.717) is 16.7 Å². The molecule has 2 amide bonds. The number of carbonyl (C=O) groups is 1. The van der Waals surface area contributed by atoms with Crippen LogP contribution in [0.2, 0.25) is 0 Å². The monoisotopic (exact) mass is 434 g/mol. The van der Waals surface area contributed by atoms with Crippen molar-refractivity contribution in [1.29, 1.82) is 0 Å². The van der Waals surface area contributed by atoms with Crippen molar-refractivity contribution in [3.63, 3.8) is 0 Å². The molecule has 3 N–H and O–H groups in total. The molecule has 0 saturated heterocycles. The molecule has 150 valence electrons. The van der Waals surface area contributed by atoms with Crippen LogP contribution in [0.4, 0.5) is 33.2 Å². The van der Waals surface area contributed by atoms with E-state index in [1.165, 1.54) is 11.3 Å². The predicted molar refractivity (Wildman–Crippen MR) is 104 cm³/mol. The molecule has 11 heteroatoms.